The van der Waals surface area contributed by atoms with E-state index < -0.39 is 23.5 Å². The fourth-order valence-electron chi connectivity index (χ4n) is 3.57. The van der Waals surface area contributed by atoms with Crippen LogP contribution in [0.25, 0.3) is 32.3 Å². The zero-order chi connectivity index (χ0) is 24.4. The molecule has 5 rings (SSSR count). The van der Waals surface area contributed by atoms with Crippen LogP contribution >= 0.6 is 46.3 Å². The van der Waals surface area contributed by atoms with Gasteiger partial charge in [0.25, 0.3) is 0 Å². The van der Waals surface area contributed by atoms with E-state index in [4.69, 9.17) is 23.2 Å². The molecule has 11 heteroatoms. The molecule has 0 saturated carbocycles. The fraction of sp³-hybridized carbons (Fsp3) is 0.0870. The van der Waals surface area contributed by atoms with Crippen molar-refractivity contribution >= 4 is 46.3 Å². The van der Waals surface area contributed by atoms with Crippen LogP contribution in [0.1, 0.15) is 11.1 Å². The number of thiazole rings is 1. The first kappa shape index (κ1) is 23.5. The predicted molar refractivity (Wildman–Crippen MR) is 123 cm³/mol. The lowest BCUT2D eigenvalue weighted by atomic mass is 10.0. The molecule has 1 aliphatic heterocycles. The molecule has 0 fully saturated rings. The molecule has 3 aromatic carbocycles. The molecule has 0 amide bonds. The summed E-state index contributed by atoms with van der Waals surface area (Å²) in [5.74, 6) is 0. The van der Waals surface area contributed by atoms with Crippen molar-refractivity contribution in [2.24, 2.45) is 0 Å². The van der Waals surface area contributed by atoms with E-state index in [1.54, 1.807) is 18.2 Å². The van der Waals surface area contributed by atoms with Gasteiger partial charge in [-0.25, -0.2) is 4.98 Å². The normalized spacial score (nSPS) is 13.2. The lowest BCUT2D eigenvalue weighted by Gasteiger charge is -2.12. The van der Waals surface area contributed by atoms with Crippen molar-refractivity contribution in [1.29, 1.82) is 0 Å². The largest absolute Gasteiger partial charge is 0.416 e. The van der Waals surface area contributed by atoms with Gasteiger partial charge in [-0.05, 0) is 30.3 Å². The van der Waals surface area contributed by atoms with Crippen LogP contribution in [0.4, 0.5) is 26.3 Å². The lowest BCUT2D eigenvalue weighted by molar-refractivity contribution is -0.138. The van der Waals surface area contributed by atoms with Gasteiger partial charge in [-0.2, -0.15) is 26.3 Å². The molecule has 0 spiro atoms. The van der Waals surface area contributed by atoms with Gasteiger partial charge in [0.1, 0.15) is 5.01 Å². The summed E-state index contributed by atoms with van der Waals surface area (Å²) in [5, 5.41) is -0.181. The third kappa shape index (κ3) is 4.08. The third-order valence-corrected chi connectivity index (χ3v) is 7.96. The second-order valence-electron chi connectivity index (χ2n) is 7.32. The molecule has 0 N–H and O–H groups in total. The summed E-state index contributed by atoms with van der Waals surface area (Å²) in [6.07, 6.45) is -9.14. The van der Waals surface area contributed by atoms with E-state index in [0.717, 1.165) is 46.1 Å². The Morgan fingerprint density at radius 1 is 0.706 bits per heavy atom. The monoisotopic (exact) mass is 547 g/mol. The van der Waals surface area contributed by atoms with E-state index in [1.165, 1.54) is 17.8 Å². The van der Waals surface area contributed by atoms with Crippen molar-refractivity contribution in [2.45, 2.75) is 22.1 Å². The Kier molecular flexibility index (Phi) is 5.67. The number of nitrogens with zero attached hydrogens (tertiary/aromatic N) is 1. The zero-order valence-corrected chi connectivity index (χ0v) is 19.6. The third-order valence-electron chi connectivity index (χ3n) is 5.13. The van der Waals surface area contributed by atoms with Crippen LogP contribution in [-0.2, 0) is 12.4 Å². The van der Waals surface area contributed by atoms with E-state index in [1.807, 2.05) is 6.07 Å². The average Bonchev–Trinajstić information content (AvgIpc) is 3.11. The molecule has 4 aromatic rings. The van der Waals surface area contributed by atoms with Crippen LogP contribution in [0.15, 0.2) is 64.4 Å². The molecule has 0 aliphatic carbocycles. The number of halogens is 8. The van der Waals surface area contributed by atoms with Gasteiger partial charge in [0, 0.05) is 26.5 Å². The summed E-state index contributed by atoms with van der Waals surface area (Å²) in [6.45, 7) is 0. The molecule has 1 nitrogen and oxygen atoms in total. The minimum Gasteiger partial charge on any atom is -0.235 e. The smallest absolute Gasteiger partial charge is 0.235 e. The van der Waals surface area contributed by atoms with Crippen molar-refractivity contribution in [3.05, 3.63) is 75.8 Å². The highest BCUT2D eigenvalue weighted by molar-refractivity contribution is 7.99. The van der Waals surface area contributed by atoms with E-state index in [2.05, 4.69) is 4.98 Å². The van der Waals surface area contributed by atoms with Crippen molar-refractivity contribution in [2.75, 3.05) is 0 Å². The summed E-state index contributed by atoms with van der Waals surface area (Å²) < 4.78 is 79.5. The number of alkyl halides is 6. The first-order valence-corrected chi connectivity index (χ1v) is 11.9. The van der Waals surface area contributed by atoms with Crippen molar-refractivity contribution in [3.8, 4) is 32.3 Å². The Morgan fingerprint density at radius 2 is 1.35 bits per heavy atom. The minimum absolute atomic E-state index is 0.132. The van der Waals surface area contributed by atoms with E-state index >= 15 is 0 Å². The van der Waals surface area contributed by atoms with Gasteiger partial charge in [-0.1, -0.05) is 59.2 Å². The first-order valence-electron chi connectivity index (χ1n) is 9.50. The van der Waals surface area contributed by atoms with Crippen LogP contribution in [0.3, 0.4) is 0 Å². The average molecular weight is 548 g/mol. The maximum Gasteiger partial charge on any atom is 0.416 e. The predicted octanol–water partition coefficient (Wildman–Crippen LogP) is 9.95. The maximum absolute atomic E-state index is 13.3. The highest BCUT2D eigenvalue weighted by Crippen LogP contribution is 2.53. The minimum atomic E-state index is -4.63. The highest BCUT2D eigenvalue weighted by atomic mass is 35.5. The number of rotatable bonds is 1. The molecule has 1 aromatic heterocycles. The van der Waals surface area contributed by atoms with Crippen molar-refractivity contribution in [1.82, 2.24) is 4.98 Å². The first-order chi connectivity index (χ1) is 15.9. The van der Waals surface area contributed by atoms with Crippen molar-refractivity contribution in [3.63, 3.8) is 0 Å². The Labute approximate surface area is 207 Å². The Balaban J connectivity index is 1.74. The van der Waals surface area contributed by atoms with Gasteiger partial charge in [-0.15, -0.1) is 11.3 Å². The lowest BCUT2D eigenvalue weighted by Crippen LogP contribution is -2.05. The zero-order valence-electron chi connectivity index (χ0n) is 16.5. The summed E-state index contributed by atoms with van der Waals surface area (Å²) in [4.78, 5) is 6.34. The van der Waals surface area contributed by atoms with Gasteiger partial charge in [0.05, 0.1) is 31.7 Å². The summed E-state index contributed by atoms with van der Waals surface area (Å²) >= 11 is 14.8. The Hall–Kier alpha value is -2.20. The van der Waals surface area contributed by atoms with Crippen LogP contribution in [0, 0.1) is 0 Å². The maximum atomic E-state index is 13.3. The van der Waals surface area contributed by atoms with Gasteiger partial charge in [0.2, 0.25) is 0 Å². The van der Waals surface area contributed by atoms with Gasteiger partial charge in [0.15, 0.2) is 0 Å². The van der Waals surface area contributed by atoms with E-state index in [-0.39, 0.29) is 20.6 Å². The number of hydrogen-bond acceptors (Lipinski definition) is 3. The standard InChI is InChI=1S/C23H9Cl2F6NS2/c24-14-7-11(23(29,30)31)8-15(25)18(14)21-32-19-12-6-5-10(22(26,27)28)9-17(12)33-16-4-2-1-3-13(16)20(19)34-21/h1-9H. The summed E-state index contributed by atoms with van der Waals surface area (Å²) in [7, 11) is 0. The summed E-state index contributed by atoms with van der Waals surface area (Å²) in [6, 6.07) is 12.1. The number of aromatic nitrogens is 1. The van der Waals surface area contributed by atoms with Crippen LogP contribution in [0.2, 0.25) is 10.0 Å². The summed E-state index contributed by atoms with van der Waals surface area (Å²) in [5.41, 5.74) is -0.0117. The quantitative estimate of drug-likeness (QED) is 0.194. The molecule has 0 bridgehead atoms. The van der Waals surface area contributed by atoms with Gasteiger partial charge in [-0.3, -0.25) is 0 Å². The molecule has 0 atom stereocenters. The van der Waals surface area contributed by atoms with E-state index in [0.29, 0.717) is 21.0 Å². The van der Waals surface area contributed by atoms with E-state index in [9.17, 15) is 26.3 Å². The van der Waals surface area contributed by atoms with Gasteiger partial charge < -0.3 is 0 Å². The van der Waals surface area contributed by atoms with Crippen LogP contribution in [-0.4, -0.2) is 4.98 Å². The Bertz CT molecular complexity index is 1420. The highest BCUT2D eigenvalue weighted by Gasteiger charge is 2.34. The molecule has 0 radical (unpaired) electrons. The topological polar surface area (TPSA) is 12.9 Å². The number of fused-ring (bicyclic) bond motifs is 5. The van der Waals surface area contributed by atoms with Gasteiger partial charge >= 0.3 is 12.4 Å². The number of benzene rings is 3. The molecule has 2 heterocycles. The SMILES string of the molecule is FC(F)(F)c1cc(Cl)c(-c2nc3c(s2)-c2ccccc2Sc2cc(C(F)(F)F)ccc2-3)c(Cl)c1. The number of hydrogen-bond donors (Lipinski definition) is 0. The fourth-order valence-corrected chi connectivity index (χ4v) is 6.73. The molecule has 174 valence electrons. The second kappa shape index (κ2) is 8.19. The molecule has 0 saturated heterocycles. The van der Waals surface area contributed by atoms with Crippen molar-refractivity contribution < 1.29 is 26.3 Å². The van der Waals surface area contributed by atoms with Crippen LogP contribution in [0.5, 0.6) is 0 Å². The molecule has 34 heavy (non-hydrogen) atoms. The molecule has 1 aliphatic rings. The molecular weight excluding hydrogens is 539 g/mol. The second-order valence-corrected chi connectivity index (χ2v) is 10.2. The Morgan fingerprint density at radius 3 is 2.00 bits per heavy atom. The molecular formula is C23H9Cl2F6NS2. The van der Waals surface area contributed by atoms with Crippen LogP contribution < -0.4 is 0 Å². The molecule has 0 unspecified atom stereocenters.